The van der Waals surface area contributed by atoms with Crippen molar-refractivity contribution in [1.29, 1.82) is 0 Å². The van der Waals surface area contributed by atoms with E-state index in [1.165, 1.54) is 17.3 Å². The van der Waals surface area contributed by atoms with Gasteiger partial charge in [-0.25, -0.2) is 9.97 Å². The summed E-state index contributed by atoms with van der Waals surface area (Å²) in [5.74, 6) is 2.78. The molecule has 0 unspecified atom stereocenters. The van der Waals surface area contributed by atoms with E-state index in [0.29, 0.717) is 16.8 Å². The summed E-state index contributed by atoms with van der Waals surface area (Å²) in [6, 6.07) is 18.3. The topological polar surface area (TPSA) is 67.6 Å². The average molecular weight is 362 g/mol. The maximum Gasteiger partial charge on any atom is 0.209 e. The Morgan fingerprint density at radius 2 is 1.81 bits per heavy atom. The molecule has 0 radical (unpaired) electrons. The van der Waals surface area contributed by atoms with Crippen molar-refractivity contribution in [2.45, 2.75) is 24.3 Å². The second kappa shape index (κ2) is 7.58. The highest BCUT2D eigenvalue weighted by Crippen LogP contribution is 2.25. The third kappa shape index (κ3) is 3.70. The molecule has 0 aliphatic rings. The van der Waals surface area contributed by atoms with Crippen molar-refractivity contribution < 1.29 is 4.42 Å². The van der Waals surface area contributed by atoms with Crippen molar-refractivity contribution in [3.8, 4) is 22.7 Å². The predicted molar refractivity (Wildman–Crippen MR) is 103 cm³/mol. The summed E-state index contributed by atoms with van der Waals surface area (Å²) < 4.78 is 5.81. The predicted octanol–water partition coefficient (Wildman–Crippen LogP) is 4.98. The lowest BCUT2D eigenvalue weighted by Gasteiger charge is -1.98. The number of hydrogen-bond donors (Lipinski definition) is 1. The Balaban J connectivity index is 1.41. The fraction of sp³-hybridized carbons (Fsp3) is 0.150. The Hall–Kier alpha value is -2.86. The first-order chi connectivity index (χ1) is 12.8. The van der Waals surface area contributed by atoms with Gasteiger partial charge >= 0.3 is 0 Å². The fourth-order valence-corrected chi connectivity index (χ4v) is 3.23. The zero-order chi connectivity index (χ0) is 17.8. The standard InChI is InChI=1S/C20H18N4OS/c1-2-14-8-10-16(11-9-14)19-22-20(24-23-19)26-13-18-21-12-17(25-18)15-6-4-3-5-7-15/h3-12H,2,13H2,1H3,(H,22,23,24). The van der Waals surface area contributed by atoms with Crippen LogP contribution in [0.4, 0.5) is 0 Å². The molecular formula is C20H18N4OS. The van der Waals surface area contributed by atoms with E-state index in [4.69, 9.17) is 4.42 Å². The number of benzene rings is 2. The van der Waals surface area contributed by atoms with Crippen molar-refractivity contribution in [1.82, 2.24) is 20.2 Å². The minimum Gasteiger partial charge on any atom is -0.440 e. The van der Waals surface area contributed by atoms with Crippen LogP contribution in [0.25, 0.3) is 22.7 Å². The first kappa shape index (κ1) is 16.6. The molecule has 0 saturated carbocycles. The van der Waals surface area contributed by atoms with Crippen LogP contribution < -0.4 is 0 Å². The molecule has 2 aromatic carbocycles. The quantitative estimate of drug-likeness (QED) is 0.490. The van der Waals surface area contributed by atoms with E-state index in [-0.39, 0.29) is 0 Å². The fourth-order valence-electron chi connectivity index (χ4n) is 2.58. The summed E-state index contributed by atoms with van der Waals surface area (Å²) >= 11 is 1.50. The van der Waals surface area contributed by atoms with Gasteiger partial charge in [0.2, 0.25) is 11.0 Å². The Kier molecular flexibility index (Phi) is 4.84. The van der Waals surface area contributed by atoms with Crippen molar-refractivity contribution in [2.75, 3.05) is 0 Å². The van der Waals surface area contributed by atoms with E-state index in [1.807, 2.05) is 30.3 Å². The van der Waals surface area contributed by atoms with E-state index in [9.17, 15) is 0 Å². The van der Waals surface area contributed by atoms with Gasteiger partial charge in [-0.2, -0.15) is 0 Å². The number of aromatic amines is 1. The maximum atomic E-state index is 5.81. The van der Waals surface area contributed by atoms with E-state index in [2.05, 4.69) is 51.4 Å². The minimum absolute atomic E-state index is 0.582. The Labute approximate surface area is 155 Å². The first-order valence-electron chi connectivity index (χ1n) is 8.46. The maximum absolute atomic E-state index is 5.81. The van der Waals surface area contributed by atoms with Crippen molar-refractivity contribution in [2.24, 2.45) is 0 Å². The smallest absolute Gasteiger partial charge is 0.209 e. The van der Waals surface area contributed by atoms with Crippen LogP contribution in [0.2, 0.25) is 0 Å². The highest BCUT2D eigenvalue weighted by atomic mass is 32.2. The molecule has 2 aromatic heterocycles. The molecule has 0 fully saturated rings. The van der Waals surface area contributed by atoms with E-state index in [1.54, 1.807) is 6.20 Å². The molecule has 2 heterocycles. The number of oxazole rings is 1. The highest BCUT2D eigenvalue weighted by Gasteiger charge is 2.10. The Morgan fingerprint density at radius 1 is 1.00 bits per heavy atom. The van der Waals surface area contributed by atoms with E-state index < -0.39 is 0 Å². The van der Waals surface area contributed by atoms with Gasteiger partial charge in [-0.15, -0.1) is 5.10 Å². The van der Waals surface area contributed by atoms with Crippen LogP contribution in [-0.4, -0.2) is 20.2 Å². The number of nitrogens with one attached hydrogen (secondary N) is 1. The molecule has 26 heavy (non-hydrogen) atoms. The summed E-state index contributed by atoms with van der Waals surface area (Å²) in [5, 5.41) is 7.95. The van der Waals surface area contributed by atoms with Gasteiger partial charge in [0, 0.05) is 11.1 Å². The molecule has 0 aliphatic heterocycles. The van der Waals surface area contributed by atoms with Gasteiger partial charge in [0.25, 0.3) is 0 Å². The molecule has 5 nitrogen and oxygen atoms in total. The van der Waals surface area contributed by atoms with Gasteiger partial charge in [-0.05, 0) is 12.0 Å². The molecule has 0 bridgehead atoms. The van der Waals surface area contributed by atoms with Crippen LogP contribution in [-0.2, 0) is 12.2 Å². The monoisotopic (exact) mass is 362 g/mol. The third-order valence-corrected chi connectivity index (χ3v) is 4.87. The van der Waals surface area contributed by atoms with E-state index in [0.717, 1.165) is 29.1 Å². The first-order valence-corrected chi connectivity index (χ1v) is 9.45. The van der Waals surface area contributed by atoms with Crippen molar-refractivity contribution in [3.63, 3.8) is 0 Å². The Bertz CT molecular complexity index is 976. The lowest BCUT2D eigenvalue weighted by Crippen LogP contribution is -1.83. The molecule has 0 amide bonds. The normalized spacial score (nSPS) is 11.0. The lowest BCUT2D eigenvalue weighted by molar-refractivity contribution is 0.530. The molecule has 0 aliphatic carbocycles. The Morgan fingerprint density at radius 3 is 2.58 bits per heavy atom. The third-order valence-electron chi connectivity index (χ3n) is 4.04. The van der Waals surface area contributed by atoms with Crippen LogP contribution in [0.3, 0.4) is 0 Å². The molecule has 6 heteroatoms. The average Bonchev–Trinajstić information content (AvgIpc) is 3.37. The molecule has 4 rings (SSSR count). The molecule has 130 valence electrons. The zero-order valence-electron chi connectivity index (χ0n) is 14.3. The second-order valence-corrected chi connectivity index (χ2v) is 6.73. The van der Waals surface area contributed by atoms with Gasteiger partial charge < -0.3 is 4.42 Å². The van der Waals surface area contributed by atoms with Gasteiger partial charge in [0.1, 0.15) is 0 Å². The molecule has 0 saturated heterocycles. The molecule has 0 atom stereocenters. The number of nitrogens with zero attached hydrogens (tertiary/aromatic N) is 3. The number of aromatic nitrogens is 4. The number of hydrogen-bond acceptors (Lipinski definition) is 5. The number of rotatable bonds is 6. The summed E-state index contributed by atoms with van der Waals surface area (Å²) in [7, 11) is 0. The second-order valence-electron chi connectivity index (χ2n) is 5.79. The SMILES string of the molecule is CCc1ccc(-c2nc(SCc3ncc(-c4ccccc4)o3)n[nH]2)cc1. The van der Waals surface area contributed by atoms with Crippen LogP contribution in [0.15, 0.2) is 70.4 Å². The number of thioether (sulfide) groups is 1. The summed E-state index contributed by atoms with van der Waals surface area (Å²) in [5.41, 5.74) is 3.36. The van der Waals surface area contributed by atoms with Gasteiger partial charge in [-0.3, -0.25) is 5.10 Å². The molecule has 1 N–H and O–H groups in total. The van der Waals surface area contributed by atoms with Gasteiger partial charge in [0.15, 0.2) is 11.6 Å². The number of H-pyrrole nitrogens is 1. The highest BCUT2D eigenvalue weighted by molar-refractivity contribution is 7.98. The van der Waals surface area contributed by atoms with Gasteiger partial charge in [-0.1, -0.05) is 73.3 Å². The minimum atomic E-state index is 0.582. The van der Waals surface area contributed by atoms with Crippen molar-refractivity contribution in [3.05, 3.63) is 72.2 Å². The molecule has 4 aromatic rings. The van der Waals surface area contributed by atoms with Crippen LogP contribution in [0, 0.1) is 0 Å². The number of aryl methyl sites for hydroxylation is 1. The zero-order valence-corrected chi connectivity index (χ0v) is 15.2. The summed E-state index contributed by atoms with van der Waals surface area (Å²) in [6.45, 7) is 2.14. The van der Waals surface area contributed by atoms with Crippen molar-refractivity contribution >= 4 is 11.8 Å². The van der Waals surface area contributed by atoms with Gasteiger partial charge in [0.05, 0.1) is 11.9 Å². The van der Waals surface area contributed by atoms with Crippen LogP contribution in [0.5, 0.6) is 0 Å². The van der Waals surface area contributed by atoms with Crippen LogP contribution >= 0.6 is 11.8 Å². The largest absolute Gasteiger partial charge is 0.440 e. The molecular weight excluding hydrogens is 344 g/mol. The summed E-state index contributed by atoms with van der Waals surface area (Å²) in [4.78, 5) is 8.88. The van der Waals surface area contributed by atoms with Crippen LogP contribution in [0.1, 0.15) is 18.4 Å². The molecule has 0 spiro atoms. The lowest BCUT2D eigenvalue weighted by atomic mass is 10.1. The summed E-state index contributed by atoms with van der Waals surface area (Å²) in [6.07, 6.45) is 2.78. The van der Waals surface area contributed by atoms with E-state index >= 15 is 0 Å².